The average molecular weight is 790 g/mol. The Morgan fingerprint density at radius 2 is 1.28 bits per heavy atom. The van der Waals surface area contributed by atoms with E-state index in [1.54, 1.807) is 11.0 Å². The second kappa shape index (κ2) is 16.8. The van der Waals surface area contributed by atoms with Crippen molar-refractivity contribution in [2.75, 3.05) is 27.3 Å². The summed E-state index contributed by atoms with van der Waals surface area (Å²) in [6, 6.07) is 16.2. The molecule has 0 saturated carbocycles. The van der Waals surface area contributed by atoms with Crippen molar-refractivity contribution >= 4 is 57.0 Å². The molecule has 0 unspecified atom stereocenters. The molecular weight excluding hydrogens is 739 g/mol. The Hall–Kier alpha value is -6.05. The number of allylic oxidation sites excluding steroid dienone is 1. The highest BCUT2D eigenvalue weighted by atomic mass is 16.5. The lowest BCUT2D eigenvalue weighted by Crippen LogP contribution is -2.53. The molecule has 14 nitrogen and oxygen atoms in total. The van der Waals surface area contributed by atoms with Gasteiger partial charge in [0, 0.05) is 31.4 Å². The van der Waals surface area contributed by atoms with Crippen molar-refractivity contribution in [2.45, 2.75) is 84.0 Å². The van der Waals surface area contributed by atoms with Crippen LogP contribution in [-0.2, 0) is 19.1 Å². The monoisotopic (exact) mass is 789 g/mol. The predicted octanol–water partition coefficient (Wildman–Crippen LogP) is 6.34. The van der Waals surface area contributed by atoms with Gasteiger partial charge in [-0.3, -0.25) is 19.4 Å². The van der Waals surface area contributed by atoms with Gasteiger partial charge in [0.25, 0.3) is 5.56 Å². The molecule has 3 aromatic carbocycles. The largest absolute Gasteiger partial charge is 0.453 e. The predicted molar refractivity (Wildman–Crippen MR) is 222 cm³/mol. The molecule has 4 aromatic rings. The Morgan fingerprint density at radius 3 is 1.88 bits per heavy atom. The SMILES string of the molecule is COC(=O)N[C@H](C(=O)N1CCC[C@H]1C1=NC=C(c2ccc3cc(-c4ccc5c(=O)[nH]c([C@@H]6CCCN6C(=O)[C@@H](NC(=O)OC)C(C)C)nc5c4)ccc3c2)C1)C(C)C. The third-order valence-corrected chi connectivity index (χ3v) is 11.6. The number of alkyl carbamates (subject to hydrolysis) is 2. The molecule has 3 aliphatic rings. The zero-order valence-corrected chi connectivity index (χ0v) is 33.8. The summed E-state index contributed by atoms with van der Waals surface area (Å²) in [5.41, 5.74) is 5.21. The Bertz CT molecular complexity index is 2380. The first-order chi connectivity index (χ1) is 27.9. The molecule has 4 heterocycles. The molecule has 58 heavy (non-hydrogen) atoms. The number of fused-ring (bicyclic) bond motifs is 2. The number of aliphatic imine (C=N–C) groups is 1. The summed E-state index contributed by atoms with van der Waals surface area (Å²) in [5, 5.41) is 7.94. The van der Waals surface area contributed by atoms with Gasteiger partial charge in [-0.2, -0.15) is 0 Å². The molecule has 2 saturated heterocycles. The zero-order chi connectivity index (χ0) is 41.2. The van der Waals surface area contributed by atoms with E-state index in [9.17, 15) is 24.0 Å². The molecule has 0 aliphatic carbocycles. The quantitative estimate of drug-likeness (QED) is 0.167. The topological polar surface area (TPSA) is 175 Å². The highest BCUT2D eigenvalue weighted by Gasteiger charge is 2.39. The first kappa shape index (κ1) is 40.2. The van der Waals surface area contributed by atoms with Crippen LogP contribution in [0.1, 0.15) is 77.2 Å². The molecule has 4 amide bonds. The molecule has 3 N–H and O–H groups in total. The fourth-order valence-electron chi connectivity index (χ4n) is 8.40. The molecule has 3 aliphatic heterocycles. The van der Waals surface area contributed by atoms with Crippen molar-refractivity contribution in [3.8, 4) is 11.1 Å². The number of aromatic amines is 1. The van der Waals surface area contributed by atoms with Crippen molar-refractivity contribution in [2.24, 2.45) is 16.8 Å². The van der Waals surface area contributed by atoms with Crippen LogP contribution in [0.5, 0.6) is 0 Å². The lowest BCUT2D eigenvalue weighted by molar-refractivity contribution is -0.135. The Labute approximate surface area is 337 Å². The fourth-order valence-corrected chi connectivity index (χ4v) is 8.40. The minimum Gasteiger partial charge on any atom is -0.453 e. The second-order valence-electron chi connectivity index (χ2n) is 16.0. The van der Waals surface area contributed by atoms with Gasteiger partial charge in [-0.25, -0.2) is 14.6 Å². The maximum atomic E-state index is 13.7. The van der Waals surface area contributed by atoms with Gasteiger partial charge in [-0.05, 0) is 94.8 Å². The van der Waals surface area contributed by atoms with Crippen LogP contribution in [0.15, 0.2) is 70.6 Å². The smallest absolute Gasteiger partial charge is 0.407 e. The molecule has 0 radical (unpaired) electrons. The van der Waals surface area contributed by atoms with Gasteiger partial charge in [0.05, 0.1) is 37.2 Å². The number of carbonyl (C=O) groups excluding carboxylic acids is 4. The van der Waals surface area contributed by atoms with Crippen LogP contribution >= 0.6 is 0 Å². The molecule has 0 bridgehead atoms. The van der Waals surface area contributed by atoms with Crippen LogP contribution in [-0.4, -0.2) is 94.9 Å². The fraction of sp³-hybridized carbons (Fsp3) is 0.432. The number of amides is 4. The van der Waals surface area contributed by atoms with Gasteiger partial charge in [0.1, 0.15) is 17.9 Å². The summed E-state index contributed by atoms with van der Waals surface area (Å²) >= 11 is 0. The summed E-state index contributed by atoms with van der Waals surface area (Å²) in [4.78, 5) is 80.9. The molecule has 304 valence electrons. The number of hydrogen-bond donors (Lipinski definition) is 3. The van der Waals surface area contributed by atoms with Crippen LogP contribution < -0.4 is 16.2 Å². The van der Waals surface area contributed by atoms with Crippen molar-refractivity contribution < 1.29 is 28.7 Å². The van der Waals surface area contributed by atoms with Crippen LogP contribution in [0.3, 0.4) is 0 Å². The maximum Gasteiger partial charge on any atom is 0.407 e. The highest BCUT2D eigenvalue weighted by Crippen LogP contribution is 2.35. The summed E-state index contributed by atoms with van der Waals surface area (Å²) in [7, 11) is 2.55. The number of carbonyl (C=O) groups is 4. The van der Waals surface area contributed by atoms with Crippen molar-refractivity contribution in [1.29, 1.82) is 0 Å². The molecule has 1 aromatic heterocycles. The molecule has 7 rings (SSSR count). The van der Waals surface area contributed by atoms with E-state index in [2.05, 4.69) is 52.0 Å². The van der Waals surface area contributed by atoms with E-state index in [1.165, 1.54) is 14.2 Å². The zero-order valence-electron chi connectivity index (χ0n) is 33.8. The van der Waals surface area contributed by atoms with Gasteiger partial charge in [-0.1, -0.05) is 58.0 Å². The third-order valence-electron chi connectivity index (χ3n) is 11.6. The summed E-state index contributed by atoms with van der Waals surface area (Å²) < 4.78 is 9.53. The lowest BCUT2D eigenvalue weighted by Gasteiger charge is -2.31. The van der Waals surface area contributed by atoms with E-state index in [0.29, 0.717) is 42.7 Å². The average Bonchev–Trinajstić information content (AvgIpc) is 4.02. The first-order valence-corrected chi connectivity index (χ1v) is 20.0. The van der Waals surface area contributed by atoms with E-state index in [4.69, 9.17) is 19.5 Å². The summed E-state index contributed by atoms with van der Waals surface area (Å²) in [6.07, 6.45) is 4.30. The van der Waals surface area contributed by atoms with Crippen LogP contribution in [0.25, 0.3) is 38.4 Å². The minimum atomic E-state index is -0.779. The van der Waals surface area contributed by atoms with Gasteiger partial charge < -0.3 is 34.9 Å². The van der Waals surface area contributed by atoms with Gasteiger partial charge in [0.2, 0.25) is 11.8 Å². The minimum absolute atomic E-state index is 0.102. The third kappa shape index (κ3) is 8.05. The van der Waals surface area contributed by atoms with Crippen molar-refractivity contribution in [1.82, 2.24) is 30.4 Å². The standard InChI is InChI=1S/C44H51N7O7/c1-24(2)37(47-43(55)57-5)41(53)50-17-7-9-35(50)34-22-31(23-45-34)29-14-13-26-19-28(12-11-27(26)20-29)30-15-16-32-33(21-30)46-39(49-40(32)52)36-10-8-18-51(36)42(54)38(25(3)4)48-44(56)58-6/h11-16,19-21,23-25,35-38H,7-10,17-18,22H2,1-6H3,(H,47,55)(H,48,56)(H,46,49,52)/t35-,36-,37-,38-/m0/s1. The lowest BCUT2D eigenvalue weighted by atomic mass is 9.94. The number of nitrogens with zero attached hydrogens (tertiary/aromatic N) is 4. The van der Waals surface area contributed by atoms with Crippen LogP contribution in [0.2, 0.25) is 0 Å². The number of ether oxygens (including phenoxy) is 2. The summed E-state index contributed by atoms with van der Waals surface area (Å²) in [6.45, 7) is 8.63. The molecule has 14 heteroatoms. The van der Waals surface area contributed by atoms with Crippen LogP contribution in [0.4, 0.5) is 9.59 Å². The molecule has 0 spiro atoms. The first-order valence-electron chi connectivity index (χ1n) is 20.0. The Kier molecular flexibility index (Phi) is 11.6. The van der Waals surface area contributed by atoms with Crippen molar-refractivity contribution in [3.05, 3.63) is 82.5 Å². The molecule has 4 atom stereocenters. The molecular formula is C44H51N7O7. The number of hydrogen-bond acceptors (Lipinski definition) is 9. The maximum absolute atomic E-state index is 13.7. The van der Waals surface area contributed by atoms with Gasteiger partial charge in [-0.15, -0.1) is 0 Å². The number of methoxy groups -OCH3 is 2. The number of nitrogens with one attached hydrogen (secondary N) is 3. The van der Waals surface area contributed by atoms with E-state index in [1.807, 2.05) is 50.9 Å². The number of H-pyrrole nitrogens is 1. The van der Waals surface area contributed by atoms with Crippen LogP contribution in [0, 0.1) is 11.8 Å². The van der Waals surface area contributed by atoms with Crippen molar-refractivity contribution in [3.63, 3.8) is 0 Å². The highest BCUT2D eigenvalue weighted by molar-refractivity contribution is 6.04. The van der Waals surface area contributed by atoms with Gasteiger partial charge >= 0.3 is 12.2 Å². The van der Waals surface area contributed by atoms with Gasteiger partial charge in [0.15, 0.2) is 0 Å². The van der Waals surface area contributed by atoms with E-state index < -0.39 is 30.3 Å². The Balaban J connectivity index is 1.07. The summed E-state index contributed by atoms with van der Waals surface area (Å²) in [5.74, 6) is -0.218. The number of likely N-dealkylation sites (tertiary alicyclic amines) is 2. The number of benzene rings is 3. The van der Waals surface area contributed by atoms with E-state index in [-0.39, 0.29) is 35.3 Å². The molecule has 2 fully saturated rings. The Morgan fingerprint density at radius 1 is 0.741 bits per heavy atom. The normalized spacial score (nSPS) is 19.0. The number of rotatable bonds is 10. The second-order valence-corrected chi connectivity index (χ2v) is 16.0. The van der Waals surface area contributed by atoms with E-state index in [0.717, 1.165) is 58.0 Å². The number of aromatic nitrogens is 2. The van der Waals surface area contributed by atoms with E-state index >= 15 is 0 Å².